The largest absolute Gasteiger partial charge is 0.390 e. The Hall–Kier alpha value is -0.750. The van der Waals surface area contributed by atoms with E-state index in [0.717, 1.165) is 6.42 Å². The van der Waals surface area contributed by atoms with Crippen LogP contribution < -0.4 is 5.32 Å². The fourth-order valence-electron chi connectivity index (χ4n) is 1.67. The fraction of sp³-hybridized carbons (Fsp3) is 0.900. The van der Waals surface area contributed by atoms with Crippen LogP contribution in [0.3, 0.4) is 0 Å². The number of nitrogens with one attached hydrogen (secondary N) is 1. The molecule has 0 spiro atoms. The summed E-state index contributed by atoms with van der Waals surface area (Å²) >= 11 is 0. The van der Waals surface area contributed by atoms with Crippen LogP contribution in [0.5, 0.6) is 0 Å². The maximum Gasteiger partial charge on any atom is 0.287 e. The second-order valence-corrected chi connectivity index (χ2v) is 4.06. The SMILES string of the molecule is CC1OCCCC1C(=O)NCC(F)(F)CO. The molecule has 1 aliphatic heterocycles. The quantitative estimate of drug-likeness (QED) is 0.750. The van der Waals surface area contributed by atoms with Crippen LogP contribution in [0.25, 0.3) is 0 Å². The number of carbonyl (C=O) groups is 1. The van der Waals surface area contributed by atoms with Crippen molar-refractivity contribution in [2.24, 2.45) is 5.92 Å². The molecule has 0 bridgehead atoms. The second-order valence-electron chi connectivity index (χ2n) is 4.06. The van der Waals surface area contributed by atoms with Crippen LogP contribution in [0.15, 0.2) is 0 Å². The Morgan fingerprint density at radius 3 is 2.88 bits per heavy atom. The van der Waals surface area contributed by atoms with E-state index in [1.165, 1.54) is 0 Å². The predicted octanol–water partition coefficient (Wildman–Crippen LogP) is 0.545. The van der Waals surface area contributed by atoms with Gasteiger partial charge in [-0.1, -0.05) is 0 Å². The van der Waals surface area contributed by atoms with Gasteiger partial charge in [0.05, 0.1) is 18.6 Å². The lowest BCUT2D eigenvalue weighted by molar-refractivity contribution is -0.135. The highest BCUT2D eigenvalue weighted by Crippen LogP contribution is 2.21. The Morgan fingerprint density at radius 2 is 2.31 bits per heavy atom. The summed E-state index contributed by atoms with van der Waals surface area (Å²) in [5.74, 6) is -4.06. The molecule has 0 aromatic carbocycles. The van der Waals surface area contributed by atoms with E-state index in [0.29, 0.717) is 13.0 Å². The van der Waals surface area contributed by atoms with Crippen LogP contribution >= 0.6 is 0 Å². The molecule has 0 aromatic heterocycles. The van der Waals surface area contributed by atoms with Gasteiger partial charge in [0.15, 0.2) is 0 Å². The molecule has 0 radical (unpaired) electrons. The third-order valence-corrected chi connectivity index (χ3v) is 2.70. The summed E-state index contributed by atoms with van der Waals surface area (Å²) in [7, 11) is 0. The van der Waals surface area contributed by atoms with Crippen LogP contribution in [0.4, 0.5) is 8.78 Å². The maximum absolute atomic E-state index is 12.7. The number of aliphatic hydroxyl groups is 1. The summed E-state index contributed by atoms with van der Waals surface area (Å²) < 4.78 is 30.6. The molecule has 1 fully saturated rings. The Kier molecular flexibility index (Phi) is 4.61. The lowest BCUT2D eigenvalue weighted by atomic mass is 9.94. The summed E-state index contributed by atoms with van der Waals surface area (Å²) in [5, 5.41) is 10.5. The Balaban J connectivity index is 2.39. The van der Waals surface area contributed by atoms with E-state index in [2.05, 4.69) is 5.32 Å². The zero-order valence-electron chi connectivity index (χ0n) is 9.21. The Labute approximate surface area is 93.0 Å². The highest BCUT2D eigenvalue weighted by molar-refractivity contribution is 5.79. The van der Waals surface area contributed by atoms with Gasteiger partial charge in [0.2, 0.25) is 5.91 Å². The summed E-state index contributed by atoms with van der Waals surface area (Å²) in [6.45, 7) is 0.279. The lowest BCUT2D eigenvalue weighted by Crippen LogP contribution is -2.45. The topological polar surface area (TPSA) is 58.6 Å². The molecule has 1 amide bonds. The number of amides is 1. The van der Waals surface area contributed by atoms with Crippen LogP contribution in [-0.4, -0.2) is 42.8 Å². The average Bonchev–Trinajstić information content (AvgIpc) is 2.27. The maximum atomic E-state index is 12.7. The van der Waals surface area contributed by atoms with Crippen molar-refractivity contribution in [3.63, 3.8) is 0 Å². The van der Waals surface area contributed by atoms with Crippen LogP contribution in [-0.2, 0) is 9.53 Å². The van der Waals surface area contributed by atoms with E-state index in [-0.39, 0.29) is 12.0 Å². The fourth-order valence-corrected chi connectivity index (χ4v) is 1.67. The van der Waals surface area contributed by atoms with E-state index in [4.69, 9.17) is 9.84 Å². The van der Waals surface area contributed by atoms with Crippen molar-refractivity contribution in [2.45, 2.75) is 31.8 Å². The lowest BCUT2D eigenvalue weighted by Gasteiger charge is -2.28. The van der Waals surface area contributed by atoms with Gasteiger partial charge >= 0.3 is 0 Å². The number of hydrogen-bond acceptors (Lipinski definition) is 3. The number of carbonyl (C=O) groups excluding carboxylic acids is 1. The highest BCUT2D eigenvalue weighted by Gasteiger charge is 2.32. The number of hydrogen-bond donors (Lipinski definition) is 2. The first-order chi connectivity index (χ1) is 7.46. The molecule has 4 nitrogen and oxygen atoms in total. The summed E-state index contributed by atoms with van der Waals surface area (Å²) in [4.78, 5) is 11.6. The molecule has 0 saturated carbocycles. The smallest absolute Gasteiger partial charge is 0.287 e. The molecule has 1 aliphatic rings. The van der Waals surface area contributed by atoms with Gasteiger partial charge < -0.3 is 15.2 Å². The van der Waals surface area contributed by atoms with Gasteiger partial charge in [-0.3, -0.25) is 4.79 Å². The zero-order chi connectivity index (χ0) is 12.2. The molecule has 2 unspecified atom stereocenters. The minimum absolute atomic E-state index is 0.239. The third kappa shape index (κ3) is 3.68. The summed E-state index contributed by atoms with van der Waals surface area (Å²) in [5.41, 5.74) is 0. The van der Waals surface area contributed by atoms with E-state index in [1.54, 1.807) is 6.92 Å². The van der Waals surface area contributed by atoms with Gasteiger partial charge in [-0.2, -0.15) is 0 Å². The van der Waals surface area contributed by atoms with Crippen LogP contribution in [0, 0.1) is 5.92 Å². The van der Waals surface area contributed by atoms with E-state index in [1.807, 2.05) is 0 Å². The molecule has 1 rings (SSSR count). The number of halogens is 2. The molecule has 1 heterocycles. The first-order valence-corrected chi connectivity index (χ1v) is 5.34. The van der Waals surface area contributed by atoms with Crippen LogP contribution in [0.2, 0.25) is 0 Å². The van der Waals surface area contributed by atoms with Crippen molar-refractivity contribution in [1.82, 2.24) is 5.32 Å². The zero-order valence-corrected chi connectivity index (χ0v) is 9.21. The van der Waals surface area contributed by atoms with Crippen molar-refractivity contribution >= 4 is 5.91 Å². The van der Waals surface area contributed by atoms with Gasteiger partial charge in [-0.05, 0) is 19.8 Å². The van der Waals surface area contributed by atoms with Gasteiger partial charge in [-0.15, -0.1) is 0 Å². The second kappa shape index (κ2) is 5.54. The molecule has 0 aromatic rings. The van der Waals surface area contributed by atoms with Crippen molar-refractivity contribution in [3.8, 4) is 0 Å². The minimum atomic E-state index is -3.26. The van der Waals surface area contributed by atoms with Crippen molar-refractivity contribution in [1.29, 1.82) is 0 Å². The molecular formula is C10H17F2NO3. The number of alkyl halides is 2. The molecule has 94 valence electrons. The van der Waals surface area contributed by atoms with Gasteiger partial charge in [0.1, 0.15) is 6.61 Å². The average molecular weight is 237 g/mol. The number of aliphatic hydroxyl groups excluding tert-OH is 1. The first kappa shape index (κ1) is 13.3. The molecule has 2 atom stereocenters. The van der Waals surface area contributed by atoms with Crippen molar-refractivity contribution in [2.75, 3.05) is 19.8 Å². The van der Waals surface area contributed by atoms with Gasteiger partial charge in [0.25, 0.3) is 5.92 Å². The minimum Gasteiger partial charge on any atom is -0.390 e. The monoisotopic (exact) mass is 237 g/mol. The first-order valence-electron chi connectivity index (χ1n) is 5.34. The summed E-state index contributed by atoms with van der Waals surface area (Å²) in [6.07, 6.45) is 1.17. The predicted molar refractivity (Wildman–Crippen MR) is 53.2 cm³/mol. The van der Waals surface area contributed by atoms with E-state index >= 15 is 0 Å². The number of ether oxygens (including phenoxy) is 1. The Morgan fingerprint density at radius 1 is 1.62 bits per heavy atom. The van der Waals surface area contributed by atoms with Crippen molar-refractivity contribution in [3.05, 3.63) is 0 Å². The molecular weight excluding hydrogens is 220 g/mol. The summed E-state index contributed by atoms with van der Waals surface area (Å²) in [6, 6.07) is 0. The third-order valence-electron chi connectivity index (χ3n) is 2.70. The normalized spacial score (nSPS) is 26.5. The number of rotatable bonds is 4. The van der Waals surface area contributed by atoms with Crippen molar-refractivity contribution < 1.29 is 23.4 Å². The van der Waals surface area contributed by atoms with Gasteiger partial charge in [-0.25, -0.2) is 8.78 Å². The van der Waals surface area contributed by atoms with E-state index in [9.17, 15) is 13.6 Å². The van der Waals surface area contributed by atoms with Gasteiger partial charge in [0, 0.05) is 6.61 Å². The molecule has 16 heavy (non-hydrogen) atoms. The highest BCUT2D eigenvalue weighted by atomic mass is 19.3. The molecule has 2 N–H and O–H groups in total. The van der Waals surface area contributed by atoms with Crippen LogP contribution in [0.1, 0.15) is 19.8 Å². The Bertz CT molecular complexity index is 248. The van der Waals surface area contributed by atoms with E-state index < -0.39 is 25.0 Å². The standard InChI is InChI=1S/C10H17F2NO3/c1-7-8(3-2-4-16-7)9(15)13-5-10(11,12)6-14/h7-8,14H,2-6H2,1H3,(H,13,15). The molecule has 0 aliphatic carbocycles. The molecule has 6 heteroatoms. The molecule has 1 saturated heterocycles.